The minimum atomic E-state index is -3.08. The van der Waals surface area contributed by atoms with Crippen LogP contribution in [0.3, 0.4) is 0 Å². The lowest BCUT2D eigenvalue weighted by molar-refractivity contribution is 0.460. The highest BCUT2D eigenvalue weighted by Gasteiger charge is 2.29. The van der Waals surface area contributed by atoms with Gasteiger partial charge in [0.25, 0.3) is 0 Å². The summed E-state index contributed by atoms with van der Waals surface area (Å²) in [5.74, 6) is 0.346. The van der Waals surface area contributed by atoms with Gasteiger partial charge in [0.1, 0.15) is 10.7 Å². The Morgan fingerprint density at radius 2 is 2.23 bits per heavy atom. The number of hydrogen-bond acceptors (Lipinski definition) is 5. The van der Waals surface area contributed by atoms with E-state index in [4.69, 9.17) is 0 Å². The van der Waals surface area contributed by atoms with Crippen molar-refractivity contribution in [3.63, 3.8) is 0 Å². The summed E-state index contributed by atoms with van der Waals surface area (Å²) in [4.78, 5) is 10.1. The minimum absolute atomic E-state index is 0.346. The fourth-order valence-electron chi connectivity index (χ4n) is 2.84. The van der Waals surface area contributed by atoms with Crippen LogP contribution in [0.2, 0.25) is 0 Å². The van der Waals surface area contributed by atoms with Gasteiger partial charge in [-0.1, -0.05) is 6.07 Å². The molecule has 1 saturated heterocycles. The summed E-state index contributed by atoms with van der Waals surface area (Å²) in [5.41, 5.74) is 2.08. The molecule has 1 fully saturated rings. The second kappa shape index (κ2) is 6.06. The highest BCUT2D eigenvalue weighted by Crippen LogP contribution is 2.29. The highest BCUT2D eigenvalue weighted by molar-refractivity contribution is 7.88. The Kier molecular flexibility index (Phi) is 4.29. The third-order valence-electron chi connectivity index (χ3n) is 3.94. The monoisotopic (exact) mass is 337 g/mol. The van der Waals surface area contributed by atoms with Gasteiger partial charge in [0.05, 0.1) is 6.26 Å². The van der Waals surface area contributed by atoms with E-state index in [1.54, 1.807) is 21.8 Å². The highest BCUT2D eigenvalue weighted by atomic mass is 32.2. The van der Waals surface area contributed by atoms with Crippen molar-refractivity contribution in [2.45, 2.75) is 19.8 Å². The molecule has 2 aromatic heterocycles. The van der Waals surface area contributed by atoms with Crippen molar-refractivity contribution in [1.82, 2.24) is 14.3 Å². The van der Waals surface area contributed by atoms with Gasteiger partial charge < -0.3 is 0 Å². The van der Waals surface area contributed by atoms with E-state index in [2.05, 4.69) is 16.0 Å². The molecule has 0 amide bonds. The van der Waals surface area contributed by atoms with Crippen LogP contribution in [0.25, 0.3) is 10.7 Å². The third-order valence-corrected chi connectivity index (χ3v) is 6.13. The van der Waals surface area contributed by atoms with Crippen molar-refractivity contribution in [3.05, 3.63) is 35.0 Å². The maximum Gasteiger partial charge on any atom is 0.211 e. The summed E-state index contributed by atoms with van der Waals surface area (Å²) < 4.78 is 24.8. The lowest BCUT2D eigenvalue weighted by Crippen LogP contribution is -2.27. The predicted octanol–water partition coefficient (Wildman–Crippen LogP) is 2.34. The van der Waals surface area contributed by atoms with E-state index in [0.717, 1.165) is 34.0 Å². The van der Waals surface area contributed by atoms with E-state index < -0.39 is 10.0 Å². The lowest BCUT2D eigenvalue weighted by atomic mass is 9.98. The Labute approximate surface area is 135 Å². The molecule has 0 radical (unpaired) electrons. The molecule has 3 heterocycles. The molecule has 22 heavy (non-hydrogen) atoms. The van der Waals surface area contributed by atoms with Crippen molar-refractivity contribution >= 4 is 21.4 Å². The number of thiazole rings is 1. The van der Waals surface area contributed by atoms with Gasteiger partial charge in [-0.25, -0.2) is 17.7 Å². The minimum Gasteiger partial charge on any atom is -0.253 e. The number of hydrogen-bond donors (Lipinski definition) is 0. The fraction of sp³-hybridized carbons (Fsp3) is 0.467. The molecule has 0 bridgehead atoms. The molecule has 7 heteroatoms. The molecule has 1 aliphatic heterocycles. The number of aryl methyl sites for hydroxylation is 1. The maximum atomic E-state index is 11.6. The van der Waals surface area contributed by atoms with Gasteiger partial charge in [0.2, 0.25) is 10.0 Å². The normalized spacial score (nSPS) is 19.6. The average molecular weight is 337 g/mol. The molecular weight excluding hydrogens is 318 g/mol. The maximum absolute atomic E-state index is 11.6. The molecule has 3 rings (SSSR count). The predicted molar refractivity (Wildman–Crippen MR) is 88.3 cm³/mol. The van der Waals surface area contributed by atoms with E-state index in [1.807, 2.05) is 19.2 Å². The van der Waals surface area contributed by atoms with Crippen molar-refractivity contribution in [2.24, 2.45) is 5.92 Å². The van der Waals surface area contributed by atoms with Crippen LogP contribution in [-0.4, -0.2) is 42.0 Å². The number of pyridine rings is 1. The molecule has 0 aliphatic carbocycles. The summed E-state index contributed by atoms with van der Waals surface area (Å²) in [6.45, 7) is 3.25. The Morgan fingerprint density at radius 1 is 1.41 bits per heavy atom. The Balaban J connectivity index is 1.80. The molecule has 1 unspecified atom stereocenters. The van der Waals surface area contributed by atoms with Gasteiger partial charge in [-0.05, 0) is 37.3 Å². The van der Waals surface area contributed by atoms with E-state index in [9.17, 15) is 8.42 Å². The molecular formula is C15H19N3O2S2. The van der Waals surface area contributed by atoms with Gasteiger partial charge in [-0.2, -0.15) is 0 Å². The first-order valence-electron chi connectivity index (χ1n) is 7.25. The second-order valence-electron chi connectivity index (χ2n) is 5.77. The van der Waals surface area contributed by atoms with Crippen molar-refractivity contribution in [2.75, 3.05) is 19.3 Å². The molecule has 0 N–H and O–H groups in total. The molecule has 118 valence electrons. The first kappa shape index (κ1) is 15.6. The largest absolute Gasteiger partial charge is 0.253 e. The van der Waals surface area contributed by atoms with Crippen LogP contribution < -0.4 is 0 Å². The SMILES string of the molecule is Cc1cnc(-c2ncccc2CC2CCN(S(C)(=O)=O)C2)s1. The molecule has 2 aromatic rings. The zero-order valence-corrected chi connectivity index (χ0v) is 14.3. The zero-order valence-electron chi connectivity index (χ0n) is 12.7. The summed E-state index contributed by atoms with van der Waals surface area (Å²) in [7, 11) is -3.08. The van der Waals surface area contributed by atoms with Crippen LogP contribution in [0.4, 0.5) is 0 Å². The van der Waals surface area contributed by atoms with Crippen LogP contribution in [0.5, 0.6) is 0 Å². The molecule has 1 aliphatic rings. The van der Waals surface area contributed by atoms with Crippen LogP contribution in [0, 0.1) is 12.8 Å². The molecule has 0 spiro atoms. The Morgan fingerprint density at radius 3 is 2.86 bits per heavy atom. The number of rotatable bonds is 4. The fourth-order valence-corrected chi connectivity index (χ4v) is 4.55. The average Bonchev–Trinajstić information content (AvgIpc) is 3.08. The summed E-state index contributed by atoms with van der Waals surface area (Å²) in [6, 6.07) is 4.00. The quantitative estimate of drug-likeness (QED) is 0.859. The van der Waals surface area contributed by atoms with Crippen LogP contribution in [0.15, 0.2) is 24.5 Å². The van der Waals surface area contributed by atoms with E-state index in [1.165, 1.54) is 6.26 Å². The van der Waals surface area contributed by atoms with Gasteiger partial charge in [-0.15, -0.1) is 11.3 Å². The van der Waals surface area contributed by atoms with Gasteiger partial charge in [-0.3, -0.25) is 4.98 Å². The summed E-state index contributed by atoms with van der Waals surface area (Å²) in [5, 5.41) is 0.936. The van der Waals surface area contributed by atoms with Crippen LogP contribution in [0.1, 0.15) is 16.9 Å². The first-order chi connectivity index (χ1) is 10.4. The standard InChI is InChI=1S/C15H19N3O2S2/c1-11-9-17-15(21-11)14-13(4-3-6-16-14)8-12-5-7-18(10-12)22(2,19)20/h3-4,6,9,12H,5,7-8,10H2,1-2H3. The molecule has 1 atom stereocenters. The number of sulfonamides is 1. The molecule has 0 aromatic carbocycles. The van der Waals surface area contributed by atoms with Crippen LogP contribution >= 0.6 is 11.3 Å². The van der Waals surface area contributed by atoms with Crippen molar-refractivity contribution < 1.29 is 8.42 Å². The summed E-state index contributed by atoms with van der Waals surface area (Å²) >= 11 is 1.64. The van der Waals surface area contributed by atoms with Gasteiger partial charge >= 0.3 is 0 Å². The smallest absolute Gasteiger partial charge is 0.211 e. The topological polar surface area (TPSA) is 63.2 Å². The Bertz CT molecular complexity index is 771. The molecule has 5 nitrogen and oxygen atoms in total. The van der Waals surface area contributed by atoms with Crippen molar-refractivity contribution in [3.8, 4) is 10.7 Å². The number of nitrogens with zero attached hydrogens (tertiary/aromatic N) is 3. The molecule has 0 saturated carbocycles. The van der Waals surface area contributed by atoms with E-state index in [0.29, 0.717) is 19.0 Å². The van der Waals surface area contributed by atoms with E-state index >= 15 is 0 Å². The second-order valence-corrected chi connectivity index (χ2v) is 8.98. The Hall–Kier alpha value is -1.31. The third kappa shape index (κ3) is 3.37. The van der Waals surface area contributed by atoms with Crippen molar-refractivity contribution in [1.29, 1.82) is 0 Å². The van der Waals surface area contributed by atoms with Gasteiger partial charge in [0, 0.05) is 30.4 Å². The van der Waals surface area contributed by atoms with Gasteiger partial charge in [0.15, 0.2) is 0 Å². The first-order valence-corrected chi connectivity index (χ1v) is 9.92. The zero-order chi connectivity index (χ0) is 15.7. The number of aromatic nitrogens is 2. The van der Waals surface area contributed by atoms with Crippen LogP contribution in [-0.2, 0) is 16.4 Å². The van der Waals surface area contributed by atoms with E-state index in [-0.39, 0.29) is 0 Å². The summed E-state index contributed by atoms with van der Waals surface area (Å²) in [6.07, 6.45) is 6.67. The lowest BCUT2D eigenvalue weighted by Gasteiger charge is -2.14.